The van der Waals surface area contributed by atoms with Crippen molar-refractivity contribution in [3.63, 3.8) is 0 Å². The molecule has 0 unspecified atom stereocenters. The van der Waals surface area contributed by atoms with Crippen LogP contribution in [-0.4, -0.2) is 0 Å². The Hall–Kier alpha value is -2.53. The van der Waals surface area contributed by atoms with Crippen LogP contribution in [0, 0.1) is 12.7 Å². The van der Waals surface area contributed by atoms with E-state index in [4.69, 9.17) is 44.0 Å². The average Bonchev–Trinajstić information content (AvgIpc) is 2.71. The van der Waals surface area contributed by atoms with Gasteiger partial charge in [-0.3, -0.25) is 4.79 Å². The number of fused-ring (bicyclic) bond motifs is 1. The zero-order valence-electron chi connectivity index (χ0n) is 15.6. The summed E-state index contributed by atoms with van der Waals surface area (Å²) >= 11 is 18.6. The number of rotatable bonds is 4. The largest absolute Gasteiger partial charge is 0.481 e. The van der Waals surface area contributed by atoms with Gasteiger partial charge in [0.1, 0.15) is 18.0 Å². The maximum atomic E-state index is 14.2. The molecule has 3 aromatic carbocycles. The van der Waals surface area contributed by atoms with E-state index < -0.39 is 11.2 Å². The molecule has 1 heterocycles. The first-order valence-electron chi connectivity index (χ1n) is 8.94. The predicted molar refractivity (Wildman–Crippen MR) is 118 cm³/mol. The number of hydrogen-bond acceptors (Lipinski definition) is 3. The molecule has 7 heteroatoms. The van der Waals surface area contributed by atoms with Crippen LogP contribution in [0.15, 0.2) is 63.8 Å². The summed E-state index contributed by atoms with van der Waals surface area (Å²) in [4.78, 5) is 13.3. The van der Waals surface area contributed by atoms with Gasteiger partial charge < -0.3 is 9.15 Å². The third-order valence-corrected chi connectivity index (χ3v) is 5.76. The van der Waals surface area contributed by atoms with E-state index in [-0.39, 0.29) is 34.1 Å². The van der Waals surface area contributed by atoms with E-state index in [2.05, 4.69) is 0 Å². The molecule has 0 aliphatic carbocycles. The van der Waals surface area contributed by atoms with Crippen molar-refractivity contribution in [3.8, 4) is 17.1 Å². The van der Waals surface area contributed by atoms with Crippen LogP contribution in [0.4, 0.5) is 4.39 Å². The molecule has 152 valence electrons. The minimum absolute atomic E-state index is 0.102. The quantitative estimate of drug-likeness (QED) is 0.315. The van der Waals surface area contributed by atoms with E-state index >= 15 is 0 Å². The lowest BCUT2D eigenvalue weighted by Crippen LogP contribution is -2.11. The van der Waals surface area contributed by atoms with Gasteiger partial charge in [-0.25, -0.2) is 4.39 Å². The fourth-order valence-corrected chi connectivity index (χ4v) is 3.67. The Labute approximate surface area is 186 Å². The van der Waals surface area contributed by atoms with Gasteiger partial charge >= 0.3 is 0 Å². The van der Waals surface area contributed by atoms with Crippen molar-refractivity contribution in [2.45, 2.75) is 13.5 Å². The zero-order chi connectivity index (χ0) is 21.4. The molecular formula is C23H14Cl3FO3. The lowest BCUT2D eigenvalue weighted by atomic mass is 10.1. The van der Waals surface area contributed by atoms with Gasteiger partial charge in [0.2, 0.25) is 11.2 Å². The second-order valence-corrected chi connectivity index (χ2v) is 7.88. The van der Waals surface area contributed by atoms with Crippen molar-refractivity contribution < 1.29 is 13.5 Å². The van der Waals surface area contributed by atoms with Crippen LogP contribution in [0.3, 0.4) is 0 Å². The monoisotopic (exact) mass is 462 g/mol. The van der Waals surface area contributed by atoms with Crippen LogP contribution in [-0.2, 0) is 6.61 Å². The fourth-order valence-electron chi connectivity index (χ4n) is 3.07. The zero-order valence-corrected chi connectivity index (χ0v) is 17.9. The van der Waals surface area contributed by atoms with Crippen LogP contribution in [0.1, 0.15) is 11.1 Å². The lowest BCUT2D eigenvalue weighted by Gasteiger charge is -2.14. The molecular weight excluding hydrogens is 450 g/mol. The van der Waals surface area contributed by atoms with E-state index in [1.165, 1.54) is 18.2 Å². The standard InChI is InChI=1S/C23H14Cl3FO3/c1-12-9-20-14(10-18(12)26)21(28)23(22(30-20)13-5-2-3-6-16(13)24)29-11-15-17(25)7-4-8-19(15)27/h2-10H,11H2,1H3. The molecule has 0 saturated heterocycles. The molecule has 0 bridgehead atoms. The maximum Gasteiger partial charge on any atom is 0.235 e. The van der Waals surface area contributed by atoms with Gasteiger partial charge in [0.15, 0.2) is 5.76 Å². The Balaban J connectivity index is 1.93. The van der Waals surface area contributed by atoms with Crippen molar-refractivity contribution in [2.24, 2.45) is 0 Å². The van der Waals surface area contributed by atoms with Crippen molar-refractivity contribution in [2.75, 3.05) is 0 Å². The Morgan fingerprint density at radius 2 is 1.70 bits per heavy atom. The number of ether oxygens (including phenoxy) is 1. The molecule has 3 nitrogen and oxygen atoms in total. The van der Waals surface area contributed by atoms with E-state index in [9.17, 15) is 9.18 Å². The molecule has 0 aliphatic heterocycles. The van der Waals surface area contributed by atoms with Crippen LogP contribution in [0.5, 0.6) is 5.75 Å². The van der Waals surface area contributed by atoms with Gasteiger partial charge in [0.05, 0.1) is 15.4 Å². The van der Waals surface area contributed by atoms with Crippen LogP contribution in [0.2, 0.25) is 15.1 Å². The van der Waals surface area contributed by atoms with Crippen LogP contribution >= 0.6 is 34.8 Å². The van der Waals surface area contributed by atoms with E-state index in [1.807, 2.05) is 6.92 Å². The summed E-state index contributed by atoms with van der Waals surface area (Å²) in [5.74, 6) is -0.493. The third-order valence-electron chi connectivity index (χ3n) is 4.67. The van der Waals surface area contributed by atoms with Gasteiger partial charge in [-0.05, 0) is 48.9 Å². The molecule has 1 aromatic heterocycles. The molecule has 0 fully saturated rings. The lowest BCUT2D eigenvalue weighted by molar-refractivity contribution is 0.292. The highest BCUT2D eigenvalue weighted by Crippen LogP contribution is 2.36. The molecule has 0 saturated carbocycles. The normalized spacial score (nSPS) is 11.1. The number of aryl methyl sites for hydroxylation is 1. The molecule has 0 atom stereocenters. The molecule has 0 N–H and O–H groups in total. The maximum absolute atomic E-state index is 14.2. The molecule has 0 radical (unpaired) electrons. The van der Waals surface area contributed by atoms with Crippen molar-refractivity contribution in [1.29, 1.82) is 0 Å². The Kier molecular flexibility index (Phi) is 5.74. The van der Waals surface area contributed by atoms with Gasteiger partial charge in [0, 0.05) is 16.1 Å². The highest BCUT2D eigenvalue weighted by molar-refractivity contribution is 6.33. The topological polar surface area (TPSA) is 39.4 Å². The summed E-state index contributed by atoms with van der Waals surface area (Å²) < 4.78 is 26.0. The van der Waals surface area contributed by atoms with E-state index in [0.717, 1.165) is 5.56 Å². The van der Waals surface area contributed by atoms with E-state index in [0.29, 0.717) is 21.2 Å². The molecule has 0 spiro atoms. The second-order valence-electron chi connectivity index (χ2n) is 6.66. The average molecular weight is 464 g/mol. The summed E-state index contributed by atoms with van der Waals surface area (Å²) in [7, 11) is 0. The molecule has 0 aliphatic rings. The SMILES string of the molecule is Cc1cc2oc(-c3ccccc3Cl)c(OCc3c(F)cccc3Cl)c(=O)c2cc1Cl. The van der Waals surface area contributed by atoms with Crippen LogP contribution in [0.25, 0.3) is 22.3 Å². The number of hydrogen-bond donors (Lipinski definition) is 0. The van der Waals surface area contributed by atoms with Crippen LogP contribution < -0.4 is 10.2 Å². The molecule has 30 heavy (non-hydrogen) atoms. The first-order valence-corrected chi connectivity index (χ1v) is 10.1. The second kappa shape index (κ2) is 8.31. The first-order chi connectivity index (χ1) is 14.4. The van der Waals surface area contributed by atoms with Gasteiger partial charge in [-0.2, -0.15) is 0 Å². The summed E-state index contributed by atoms with van der Waals surface area (Å²) in [5.41, 5.74) is 1.25. The molecule has 4 aromatic rings. The fraction of sp³-hybridized carbons (Fsp3) is 0.0870. The Morgan fingerprint density at radius 1 is 0.967 bits per heavy atom. The summed E-state index contributed by atoms with van der Waals surface area (Å²) in [6.45, 7) is 1.54. The van der Waals surface area contributed by atoms with Crippen molar-refractivity contribution in [1.82, 2.24) is 0 Å². The highest BCUT2D eigenvalue weighted by atomic mass is 35.5. The third kappa shape index (κ3) is 3.79. The van der Waals surface area contributed by atoms with Gasteiger partial charge in [-0.1, -0.05) is 53.0 Å². The smallest absolute Gasteiger partial charge is 0.235 e. The van der Waals surface area contributed by atoms with Crippen molar-refractivity contribution in [3.05, 3.63) is 96.8 Å². The van der Waals surface area contributed by atoms with E-state index in [1.54, 1.807) is 36.4 Å². The minimum atomic E-state index is -0.536. The Bertz CT molecular complexity index is 1310. The number of halogens is 4. The summed E-state index contributed by atoms with van der Waals surface area (Å²) in [6.07, 6.45) is 0. The van der Waals surface area contributed by atoms with Gasteiger partial charge in [0.25, 0.3) is 0 Å². The van der Waals surface area contributed by atoms with Gasteiger partial charge in [-0.15, -0.1) is 0 Å². The molecule has 0 amide bonds. The summed E-state index contributed by atoms with van der Waals surface area (Å²) in [5, 5.41) is 1.23. The predicted octanol–water partition coefficient (Wildman–Crippen LogP) is 7.45. The summed E-state index contributed by atoms with van der Waals surface area (Å²) in [6, 6.07) is 14.4. The van der Waals surface area contributed by atoms with Crippen molar-refractivity contribution >= 4 is 45.8 Å². The number of benzene rings is 3. The minimum Gasteiger partial charge on any atom is -0.481 e. The molecule has 4 rings (SSSR count). The Morgan fingerprint density at radius 3 is 2.43 bits per heavy atom. The highest BCUT2D eigenvalue weighted by Gasteiger charge is 2.21. The first kappa shape index (κ1) is 20.7.